The summed E-state index contributed by atoms with van der Waals surface area (Å²) in [6.45, 7) is 5.25. The van der Waals surface area contributed by atoms with Crippen molar-refractivity contribution in [2.24, 2.45) is 17.3 Å². The zero-order valence-electron chi connectivity index (χ0n) is 21.3. The molecule has 3 fully saturated rings. The number of aryl methyl sites for hydroxylation is 1. The van der Waals surface area contributed by atoms with Crippen molar-refractivity contribution in [2.45, 2.75) is 46.1 Å². The number of fused-ring (bicyclic) bond motifs is 2. The molecule has 204 valence electrons. The maximum atomic E-state index is 13.9. The molecule has 1 saturated carbocycles. The molecule has 2 saturated heterocycles. The number of pyridine rings is 2. The van der Waals surface area contributed by atoms with Gasteiger partial charge >= 0.3 is 6.18 Å². The highest BCUT2D eigenvalue weighted by Crippen LogP contribution is 2.63. The molecule has 0 radical (unpaired) electrons. The zero-order chi connectivity index (χ0) is 28.0. The number of imide groups is 1. The van der Waals surface area contributed by atoms with E-state index in [1.807, 2.05) is 13.8 Å². The molecule has 3 atom stereocenters. The Balaban J connectivity index is 1.43. The quantitative estimate of drug-likeness (QED) is 0.331. The maximum Gasteiger partial charge on any atom is 0.433 e. The summed E-state index contributed by atoms with van der Waals surface area (Å²) in [7, 11) is 0. The second-order valence-corrected chi connectivity index (χ2v) is 12.1. The second-order valence-electron chi connectivity index (χ2n) is 11.0. The van der Waals surface area contributed by atoms with E-state index in [9.17, 15) is 31.9 Å². The van der Waals surface area contributed by atoms with Crippen LogP contribution in [-0.2, 0) is 22.3 Å². The first-order valence-corrected chi connectivity index (χ1v) is 13.4. The summed E-state index contributed by atoms with van der Waals surface area (Å²) in [5.41, 5.74) is -0.874. The van der Waals surface area contributed by atoms with Crippen LogP contribution in [0.15, 0.2) is 24.4 Å². The second kappa shape index (κ2) is 8.54. The Labute approximate surface area is 224 Å². The summed E-state index contributed by atoms with van der Waals surface area (Å²) >= 11 is 1.18. The number of aromatic nitrogens is 2. The number of carbonyl (C=O) groups is 3. The van der Waals surface area contributed by atoms with Crippen molar-refractivity contribution in [1.29, 1.82) is 0 Å². The Kier molecular flexibility index (Phi) is 5.66. The van der Waals surface area contributed by atoms with Gasteiger partial charge in [0.2, 0.25) is 11.8 Å². The lowest BCUT2D eigenvalue weighted by Crippen LogP contribution is -2.35. The van der Waals surface area contributed by atoms with Gasteiger partial charge in [-0.1, -0.05) is 13.8 Å². The lowest BCUT2D eigenvalue weighted by Gasteiger charge is -2.20. The molecule has 1 aliphatic carbocycles. The Morgan fingerprint density at radius 2 is 1.87 bits per heavy atom. The van der Waals surface area contributed by atoms with E-state index in [2.05, 4.69) is 9.97 Å². The molecule has 2 unspecified atom stereocenters. The third-order valence-corrected chi connectivity index (χ3v) is 9.20. The van der Waals surface area contributed by atoms with Crippen LogP contribution in [0.4, 0.5) is 17.6 Å². The number of rotatable bonds is 4. The predicted molar refractivity (Wildman–Crippen MR) is 134 cm³/mol. The van der Waals surface area contributed by atoms with Crippen molar-refractivity contribution < 1.29 is 31.9 Å². The van der Waals surface area contributed by atoms with Crippen molar-refractivity contribution in [3.8, 4) is 11.3 Å². The summed E-state index contributed by atoms with van der Waals surface area (Å²) in [6, 6.07) is 4.01. The first-order chi connectivity index (χ1) is 18.3. The highest BCUT2D eigenvalue weighted by molar-refractivity contribution is 7.19. The molecule has 7 nitrogen and oxygen atoms in total. The van der Waals surface area contributed by atoms with Gasteiger partial charge in [-0.25, -0.2) is 9.37 Å². The van der Waals surface area contributed by atoms with Crippen LogP contribution in [0.5, 0.6) is 0 Å². The SMILES string of the molecule is Cc1cc(C(F)(F)F)nc(-c2ccnc3cc(CN4C(=O)C5C(C4=O)C5(C)C)sc23)c1C(=O)N1CC[C@H](F)C1. The molecule has 0 spiro atoms. The van der Waals surface area contributed by atoms with Crippen LogP contribution < -0.4 is 0 Å². The highest BCUT2D eigenvalue weighted by Gasteiger charge is 2.72. The smallest absolute Gasteiger partial charge is 0.336 e. The van der Waals surface area contributed by atoms with Gasteiger partial charge in [0.1, 0.15) is 11.9 Å². The van der Waals surface area contributed by atoms with Crippen LogP contribution in [0, 0.1) is 24.2 Å². The third kappa shape index (κ3) is 4.02. The van der Waals surface area contributed by atoms with Crippen molar-refractivity contribution in [1.82, 2.24) is 19.8 Å². The Bertz CT molecular complexity index is 1540. The number of piperidine rings is 1. The molecule has 3 aliphatic rings. The largest absolute Gasteiger partial charge is 0.433 e. The van der Waals surface area contributed by atoms with Gasteiger partial charge in [-0.2, -0.15) is 13.2 Å². The first-order valence-electron chi connectivity index (χ1n) is 12.5. The van der Waals surface area contributed by atoms with E-state index in [0.717, 1.165) is 6.07 Å². The average Bonchev–Trinajstić information content (AvgIpc) is 3.24. The van der Waals surface area contributed by atoms with Gasteiger partial charge in [0.25, 0.3) is 5.91 Å². The number of thiophene rings is 1. The number of halogens is 4. The standard InChI is InChI=1S/C27H24F4N4O3S/c1-12-8-17(27(29,30)31)33-21(18(12)23(36)34-7-5-13(28)10-34)15-4-6-32-16-9-14(39-22(15)16)11-35-24(37)19-20(25(35)38)26(19,2)3/h4,6,8-9,13,19-20H,5,7,10-11H2,1-3H3/t13-,19?,20?/m0/s1. The van der Waals surface area contributed by atoms with E-state index < -0.39 is 23.9 Å². The van der Waals surface area contributed by atoms with Crippen molar-refractivity contribution in [2.75, 3.05) is 13.1 Å². The van der Waals surface area contributed by atoms with E-state index in [1.165, 1.54) is 40.3 Å². The van der Waals surface area contributed by atoms with E-state index in [-0.39, 0.29) is 77.5 Å². The van der Waals surface area contributed by atoms with Crippen LogP contribution in [0.25, 0.3) is 21.5 Å². The van der Waals surface area contributed by atoms with Crippen LogP contribution >= 0.6 is 11.3 Å². The molecule has 12 heteroatoms. The average molecular weight is 561 g/mol. The molecular weight excluding hydrogens is 536 g/mol. The van der Waals surface area contributed by atoms with Crippen molar-refractivity contribution in [3.05, 3.63) is 46.1 Å². The van der Waals surface area contributed by atoms with Gasteiger partial charge in [0.05, 0.1) is 46.4 Å². The van der Waals surface area contributed by atoms with Crippen LogP contribution in [-0.4, -0.2) is 56.8 Å². The summed E-state index contributed by atoms with van der Waals surface area (Å²) in [5.74, 6) is -1.68. The molecule has 6 rings (SSSR count). The number of alkyl halides is 4. The molecule has 0 bridgehead atoms. The molecule has 3 aromatic rings. The van der Waals surface area contributed by atoms with Crippen molar-refractivity contribution >= 4 is 39.3 Å². The molecule has 39 heavy (non-hydrogen) atoms. The lowest BCUT2D eigenvalue weighted by molar-refractivity contribution is -0.144. The van der Waals surface area contributed by atoms with Gasteiger partial charge in [-0.05, 0) is 42.5 Å². The minimum Gasteiger partial charge on any atom is -0.336 e. The zero-order valence-corrected chi connectivity index (χ0v) is 22.1. The molecule has 5 heterocycles. The fourth-order valence-corrected chi connectivity index (χ4v) is 7.03. The Morgan fingerprint density at radius 1 is 1.18 bits per heavy atom. The minimum absolute atomic E-state index is 0.0215. The first kappa shape index (κ1) is 25.8. The van der Waals surface area contributed by atoms with E-state index >= 15 is 0 Å². The van der Waals surface area contributed by atoms with Gasteiger partial charge in [0.15, 0.2) is 0 Å². The van der Waals surface area contributed by atoms with Gasteiger partial charge < -0.3 is 4.90 Å². The predicted octanol–water partition coefficient (Wildman–Crippen LogP) is 5.01. The number of nitrogens with zero attached hydrogens (tertiary/aromatic N) is 4. The number of hydrogen-bond donors (Lipinski definition) is 0. The molecule has 2 aliphatic heterocycles. The van der Waals surface area contributed by atoms with Gasteiger partial charge in [0, 0.05) is 23.2 Å². The molecule has 3 aromatic heterocycles. The normalized spacial score (nSPS) is 24.1. The summed E-state index contributed by atoms with van der Waals surface area (Å²) in [4.78, 5) is 50.5. The van der Waals surface area contributed by atoms with Gasteiger partial charge in [-0.15, -0.1) is 11.3 Å². The summed E-state index contributed by atoms with van der Waals surface area (Å²) < 4.78 is 55.7. The number of likely N-dealkylation sites (tertiary alicyclic amines) is 2. The Morgan fingerprint density at radius 3 is 2.49 bits per heavy atom. The summed E-state index contributed by atoms with van der Waals surface area (Å²) in [5, 5.41) is 0. The maximum absolute atomic E-state index is 13.9. The van der Waals surface area contributed by atoms with Crippen LogP contribution in [0.3, 0.4) is 0 Å². The monoisotopic (exact) mass is 560 g/mol. The van der Waals surface area contributed by atoms with E-state index in [0.29, 0.717) is 15.1 Å². The lowest BCUT2D eigenvalue weighted by atomic mass is 9.99. The minimum atomic E-state index is -4.75. The molecule has 0 N–H and O–H groups in total. The molecule has 0 aromatic carbocycles. The van der Waals surface area contributed by atoms with Crippen molar-refractivity contribution in [3.63, 3.8) is 0 Å². The molecular formula is C27H24F4N4O3S. The van der Waals surface area contributed by atoms with E-state index in [1.54, 1.807) is 6.07 Å². The number of carbonyl (C=O) groups excluding carboxylic acids is 3. The fourth-order valence-electron chi connectivity index (χ4n) is 5.91. The fraction of sp³-hybridized carbons (Fsp3) is 0.444. The number of hydrogen-bond acceptors (Lipinski definition) is 6. The highest BCUT2D eigenvalue weighted by atomic mass is 32.1. The van der Waals surface area contributed by atoms with Crippen LogP contribution in [0.1, 0.15) is 46.8 Å². The molecule has 3 amide bonds. The third-order valence-electron chi connectivity index (χ3n) is 8.06. The Hall–Kier alpha value is -3.41. The topological polar surface area (TPSA) is 83.5 Å². The van der Waals surface area contributed by atoms with E-state index in [4.69, 9.17) is 0 Å². The van der Waals surface area contributed by atoms with Gasteiger partial charge in [-0.3, -0.25) is 24.3 Å². The van der Waals surface area contributed by atoms with Crippen LogP contribution in [0.2, 0.25) is 0 Å². The summed E-state index contributed by atoms with van der Waals surface area (Å²) in [6.07, 6.45) is -4.37. The number of amides is 3.